The van der Waals surface area contributed by atoms with Crippen LogP contribution in [0.2, 0.25) is 0 Å². The van der Waals surface area contributed by atoms with Crippen molar-refractivity contribution in [3.63, 3.8) is 0 Å². The Bertz CT molecular complexity index is 692. The second-order valence-corrected chi connectivity index (χ2v) is 6.95. The molecule has 0 aliphatic carbocycles. The number of alkyl halides is 2. The largest absolute Gasteiger partial charge is 0.490 e. The fourth-order valence-electron chi connectivity index (χ4n) is 2.30. The Morgan fingerprint density at radius 3 is 2.50 bits per heavy atom. The maximum absolute atomic E-state index is 13.3. The van der Waals surface area contributed by atoms with E-state index < -0.39 is 32.3 Å². The van der Waals surface area contributed by atoms with Crippen LogP contribution in [0.1, 0.15) is 30.4 Å². The number of hydrogen-bond donors (Lipinski definition) is 0. The van der Waals surface area contributed by atoms with E-state index in [-0.39, 0.29) is 11.9 Å². The predicted octanol–water partition coefficient (Wildman–Crippen LogP) is 2.46. The van der Waals surface area contributed by atoms with Crippen LogP contribution in [0, 0.1) is 11.3 Å². The van der Waals surface area contributed by atoms with Crippen molar-refractivity contribution in [1.29, 1.82) is 5.26 Å². The molecule has 0 radical (unpaired) electrons. The Balaban J connectivity index is 2.48. The van der Waals surface area contributed by atoms with Gasteiger partial charge in [-0.15, -0.1) is 0 Å². The normalized spacial score (nSPS) is 16.5. The van der Waals surface area contributed by atoms with Crippen LogP contribution < -0.4 is 4.74 Å². The number of sulfone groups is 1. The van der Waals surface area contributed by atoms with Gasteiger partial charge < -0.3 is 9.47 Å². The highest BCUT2D eigenvalue weighted by atomic mass is 32.2. The van der Waals surface area contributed by atoms with Crippen LogP contribution in [0.3, 0.4) is 0 Å². The van der Waals surface area contributed by atoms with Gasteiger partial charge in [-0.05, 0) is 12.1 Å². The molecule has 1 aromatic carbocycles. The molecule has 1 aliphatic heterocycles. The Hall–Kier alpha value is -1.72. The third-order valence-electron chi connectivity index (χ3n) is 3.36. The quantitative estimate of drug-likeness (QED) is 0.847. The van der Waals surface area contributed by atoms with Gasteiger partial charge in [0.1, 0.15) is 17.9 Å². The van der Waals surface area contributed by atoms with Crippen LogP contribution in [0.15, 0.2) is 17.0 Å². The van der Waals surface area contributed by atoms with Gasteiger partial charge in [-0.25, -0.2) is 17.2 Å². The number of ether oxygens (including phenoxy) is 2. The molecule has 22 heavy (non-hydrogen) atoms. The van der Waals surface area contributed by atoms with Crippen LogP contribution in [-0.2, 0) is 14.6 Å². The second kappa shape index (κ2) is 6.58. The summed E-state index contributed by atoms with van der Waals surface area (Å²) in [6, 6.07) is 3.89. The van der Waals surface area contributed by atoms with E-state index in [2.05, 4.69) is 0 Å². The lowest BCUT2D eigenvalue weighted by atomic mass is 10.1. The first-order valence-corrected chi connectivity index (χ1v) is 8.53. The van der Waals surface area contributed by atoms with E-state index in [4.69, 9.17) is 14.7 Å². The molecule has 0 bridgehead atoms. The molecule has 0 N–H and O–H groups in total. The van der Waals surface area contributed by atoms with Crippen molar-refractivity contribution in [2.24, 2.45) is 0 Å². The number of halogens is 2. The Morgan fingerprint density at radius 1 is 1.36 bits per heavy atom. The summed E-state index contributed by atoms with van der Waals surface area (Å²) in [5.41, 5.74) is -1.22. The third kappa shape index (κ3) is 3.54. The van der Waals surface area contributed by atoms with E-state index in [1.54, 1.807) is 6.07 Å². The van der Waals surface area contributed by atoms with Crippen molar-refractivity contribution in [3.05, 3.63) is 23.3 Å². The average molecular weight is 331 g/mol. The Kier molecular flexibility index (Phi) is 4.98. The summed E-state index contributed by atoms with van der Waals surface area (Å²) in [6.45, 7) is 0.947. The van der Waals surface area contributed by atoms with Gasteiger partial charge in [0, 0.05) is 19.1 Å². The molecule has 0 spiro atoms. The SMILES string of the molecule is CS(=O)(=O)c1ccc(OC2CCOCC2)c(C(F)F)c1C#N. The zero-order valence-corrected chi connectivity index (χ0v) is 12.7. The molecule has 120 valence electrons. The lowest BCUT2D eigenvalue weighted by molar-refractivity contribution is 0.0235. The molecule has 0 atom stereocenters. The van der Waals surface area contributed by atoms with Gasteiger partial charge in [0.25, 0.3) is 6.43 Å². The smallest absolute Gasteiger partial charge is 0.268 e. The minimum absolute atomic E-state index is 0.147. The van der Waals surface area contributed by atoms with Crippen LogP contribution in [-0.4, -0.2) is 34.0 Å². The zero-order chi connectivity index (χ0) is 16.3. The monoisotopic (exact) mass is 331 g/mol. The summed E-state index contributed by atoms with van der Waals surface area (Å²) in [5, 5.41) is 9.12. The van der Waals surface area contributed by atoms with Gasteiger partial charge in [-0.2, -0.15) is 5.26 Å². The third-order valence-corrected chi connectivity index (χ3v) is 4.50. The number of benzene rings is 1. The molecule has 1 saturated heterocycles. The molecule has 8 heteroatoms. The Labute approximate surface area is 127 Å². The van der Waals surface area contributed by atoms with E-state index in [0.717, 1.165) is 12.3 Å². The number of rotatable bonds is 4. The van der Waals surface area contributed by atoms with Crippen molar-refractivity contribution < 1.29 is 26.7 Å². The topological polar surface area (TPSA) is 76.4 Å². The standard InChI is InChI=1S/C14H15F2NO4S/c1-22(18,19)12-3-2-11(13(14(15)16)10(12)8-17)21-9-4-6-20-7-5-9/h2-3,9,14H,4-7H2,1H3. The van der Waals surface area contributed by atoms with Crippen molar-refractivity contribution >= 4 is 9.84 Å². The molecule has 0 unspecified atom stereocenters. The molecule has 0 aromatic heterocycles. The minimum atomic E-state index is -3.78. The highest BCUT2D eigenvalue weighted by Gasteiger charge is 2.27. The molecule has 5 nitrogen and oxygen atoms in total. The van der Waals surface area contributed by atoms with Crippen LogP contribution in [0.5, 0.6) is 5.75 Å². The highest BCUT2D eigenvalue weighted by Crippen LogP contribution is 2.36. The van der Waals surface area contributed by atoms with Crippen molar-refractivity contribution in [1.82, 2.24) is 0 Å². The number of hydrogen-bond acceptors (Lipinski definition) is 5. The van der Waals surface area contributed by atoms with Crippen LogP contribution >= 0.6 is 0 Å². The van der Waals surface area contributed by atoms with Gasteiger partial charge in [-0.1, -0.05) is 0 Å². The fourth-order valence-corrected chi connectivity index (χ4v) is 3.14. The molecule has 1 aromatic rings. The van der Waals surface area contributed by atoms with E-state index in [9.17, 15) is 17.2 Å². The first-order valence-electron chi connectivity index (χ1n) is 6.64. The van der Waals surface area contributed by atoms with Gasteiger partial charge in [0.2, 0.25) is 0 Å². The van der Waals surface area contributed by atoms with Crippen LogP contribution in [0.4, 0.5) is 8.78 Å². The Morgan fingerprint density at radius 2 is 2.00 bits per heavy atom. The molecular formula is C14H15F2NO4S. The summed E-state index contributed by atoms with van der Waals surface area (Å²) >= 11 is 0. The lowest BCUT2D eigenvalue weighted by Gasteiger charge is -2.25. The molecule has 1 fully saturated rings. The number of nitriles is 1. The average Bonchev–Trinajstić information content (AvgIpc) is 2.46. The summed E-state index contributed by atoms with van der Waals surface area (Å²) < 4.78 is 60.7. The van der Waals surface area contributed by atoms with Gasteiger partial charge in [0.05, 0.1) is 29.2 Å². The zero-order valence-electron chi connectivity index (χ0n) is 11.9. The molecule has 1 aliphatic rings. The maximum Gasteiger partial charge on any atom is 0.268 e. The van der Waals surface area contributed by atoms with E-state index in [0.29, 0.717) is 26.1 Å². The first-order chi connectivity index (χ1) is 10.3. The van der Waals surface area contributed by atoms with Crippen molar-refractivity contribution in [3.8, 4) is 11.8 Å². The summed E-state index contributed by atoms with van der Waals surface area (Å²) in [5.74, 6) is -0.147. The molecule has 2 rings (SSSR count). The first kappa shape index (κ1) is 16.6. The summed E-state index contributed by atoms with van der Waals surface area (Å²) in [4.78, 5) is -0.412. The molecule has 0 amide bonds. The predicted molar refractivity (Wildman–Crippen MR) is 73.7 cm³/mol. The summed E-state index contributed by atoms with van der Waals surface area (Å²) in [7, 11) is -3.78. The molecular weight excluding hydrogens is 316 g/mol. The molecule has 1 heterocycles. The molecule has 0 saturated carbocycles. The van der Waals surface area contributed by atoms with E-state index in [1.165, 1.54) is 6.07 Å². The maximum atomic E-state index is 13.3. The number of nitrogens with zero attached hydrogens (tertiary/aromatic N) is 1. The van der Waals surface area contributed by atoms with E-state index >= 15 is 0 Å². The van der Waals surface area contributed by atoms with Gasteiger partial charge >= 0.3 is 0 Å². The van der Waals surface area contributed by atoms with Crippen LogP contribution in [0.25, 0.3) is 0 Å². The van der Waals surface area contributed by atoms with Crippen molar-refractivity contribution in [2.45, 2.75) is 30.3 Å². The van der Waals surface area contributed by atoms with E-state index in [1.807, 2.05) is 0 Å². The highest BCUT2D eigenvalue weighted by molar-refractivity contribution is 7.90. The fraction of sp³-hybridized carbons (Fsp3) is 0.500. The van der Waals surface area contributed by atoms with Gasteiger partial charge in [-0.3, -0.25) is 0 Å². The lowest BCUT2D eigenvalue weighted by Crippen LogP contribution is -2.26. The van der Waals surface area contributed by atoms with Crippen molar-refractivity contribution in [2.75, 3.05) is 19.5 Å². The second-order valence-electron chi connectivity index (χ2n) is 4.96. The minimum Gasteiger partial charge on any atom is -0.490 e. The van der Waals surface area contributed by atoms with Gasteiger partial charge in [0.15, 0.2) is 9.84 Å². The summed E-state index contributed by atoms with van der Waals surface area (Å²) in [6.07, 6.45) is -1.32.